The van der Waals surface area contributed by atoms with Crippen LogP contribution in [-0.4, -0.2) is 29.0 Å². The van der Waals surface area contributed by atoms with Crippen molar-refractivity contribution in [3.63, 3.8) is 0 Å². The number of phenols is 1. The number of benzene rings is 2. The molecule has 0 saturated heterocycles. The zero-order chi connectivity index (χ0) is 15.4. The number of hydrogen-bond acceptors (Lipinski definition) is 4. The maximum atomic E-state index is 10.8. The van der Waals surface area contributed by atoms with Crippen molar-refractivity contribution in [3.8, 4) is 11.5 Å². The van der Waals surface area contributed by atoms with E-state index in [-0.39, 0.29) is 11.3 Å². The molecular weight excluding hydrogens is 270 g/mol. The number of methoxy groups -OCH3 is 1. The smallest absolute Gasteiger partial charge is 0.335 e. The van der Waals surface area contributed by atoms with Crippen LogP contribution >= 0.6 is 0 Å². The predicted molar refractivity (Wildman–Crippen MR) is 79.9 cm³/mol. The normalized spacial score (nSPS) is 11.2. The van der Waals surface area contributed by atoms with E-state index in [1.165, 1.54) is 19.2 Å². The standard InChI is InChI=1S/C16H15NO4/c1-10(12-5-8-14(18)15(9-12)21-2)17-13-6-3-11(4-7-13)16(19)20/h3-9,18H,1-2H3,(H,19,20). The molecular formula is C16H15NO4. The number of nitrogens with zero attached hydrogens (tertiary/aromatic N) is 1. The van der Waals surface area contributed by atoms with Crippen LogP contribution in [0.4, 0.5) is 5.69 Å². The summed E-state index contributed by atoms with van der Waals surface area (Å²) in [6.07, 6.45) is 0. The third kappa shape index (κ3) is 3.39. The summed E-state index contributed by atoms with van der Waals surface area (Å²) in [5.41, 5.74) is 2.42. The van der Waals surface area contributed by atoms with Gasteiger partial charge in [0.1, 0.15) is 0 Å². The minimum atomic E-state index is -0.967. The second-order valence-electron chi connectivity index (χ2n) is 4.44. The molecule has 5 nitrogen and oxygen atoms in total. The Labute approximate surface area is 122 Å². The van der Waals surface area contributed by atoms with Gasteiger partial charge in [0.15, 0.2) is 11.5 Å². The highest BCUT2D eigenvalue weighted by molar-refractivity contribution is 6.00. The van der Waals surface area contributed by atoms with Crippen molar-refractivity contribution < 1.29 is 19.7 Å². The summed E-state index contributed by atoms with van der Waals surface area (Å²) in [5.74, 6) is -0.520. The Morgan fingerprint density at radius 3 is 2.29 bits per heavy atom. The van der Waals surface area contributed by atoms with Crippen molar-refractivity contribution in [2.45, 2.75) is 6.92 Å². The first-order valence-electron chi connectivity index (χ1n) is 6.27. The van der Waals surface area contributed by atoms with E-state index >= 15 is 0 Å². The summed E-state index contributed by atoms with van der Waals surface area (Å²) >= 11 is 0. The molecule has 2 N–H and O–H groups in total. The average molecular weight is 285 g/mol. The van der Waals surface area contributed by atoms with E-state index in [1.807, 2.05) is 6.92 Å². The number of ether oxygens (including phenoxy) is 1. The van der Waals surface area contributed by atoms with Gasteiger partial charge in [-0.25, -0.2) is 4.79 Å². The predicted octanol–water partition coefficient (Wildman–Crippen LogP) is 3.24. The molecule has 108 valence electrons. The molecule has 0 aliphatic heterocycles. The van der Waals surface area contributed by atoms with E-state index in [0.717, 1.165) is 11.3 Å². The van der Waals surface area contributed by atoms with Gasteiger partial charge in [-0.1, -0.05) is 0 Å². The molecule has 0 radical (unpaired) electrons. The summed E-state index contributed by atoms with van der Waals surface area (Å²) in [5, 5.41) is 18.4. The van der Waals surface area contributed by atoms with Crippen LogP contribution in [-0.2, 0) is 0 Å². The van der Waals surface area contributed by atoms with Crippen LogP contribution in [0, 0.1) is 0 Å². The van der Waals surface area contributed by atoms with Gasteiger partial charge in [0.25, 0.3) is 0 Å². The third-order valence-electron chi connectivity index (χ3n) is 3.01. The number of aromatic carboxylic acids is 1. The summed E-state index contributed by atoms with van der Waals surface area (Å²) in [4.78, 5) is 15.2. The molecule has 0 bridgehead atoms. The molecule has 0 aromatic heterocycles. The number of carbonyl (C=O) groups is 1. The van der Waals surface area contributed by atoms with E-state index in [1.54, 1.807) is 30.3 Å². The Kier molecular flexibility index (Phi) is 4.23. The highest BCUT2D eigenvalue weighted by atomic mass is 16.5. The van der Waals surface area contributed by atoms with Crippen molar-refractivity contribution in [2.75, 3.05) is 7.11 Å². The summed E-state index contributed by atoms with van der Waals surface area (Å²) < 4.78 is 5.06. The highest BCUT2D eigenvalue weighted by Crippen LogP contribution is 2.27. The number of carboxylic acid groups (broad SMARTS) is 1. The molecule has 0 amide bonds. The Bertz CT molecular complexity index is 690. The number of hydrogen-bond donors (Lipinski definition) is 2. The molecule has 0 spiro atoms. The lowest BCUT2D eigenvalue weighted by atomic mass is 10.1. The van der Waals surface area contributed by atoms with Crippen molar-refractivity contribution in [2.24, 2.45) is 4.99 Å². The van der Waals surface area contributed by atoms with E-state index in [0.29, 0.717) is 11.4 Å². The van der Waals surface area contributed by atoms with E-state index < -0.39 is 5.97 Å². The van der Waals surface area contributed by atoms with Crippen LogP contribution in [0.1, 0.15) is 22.8 Å². The summed E-state index contributed by atoms with van der Waals surface area (Å²) in [6, 6.07) is 11.3. The van der Waals surface area contributed by atoms with Gasteiger partial charge < -0.3 is 14.9 Å². The maximum Gasteiger partial charge on any atom is 0.335 e. The van der Waals surface area contributed by atoms with Crippen molar-refractivity contribution in [3.05, 3.63) is 53.6 Å². The first kappa shape index (κ1) is 14.6. The Hall–Kier alpha value is -2.82. The van der Waals surface area contributed by atoms with E-state index in [2.05, 4.69) is 4.99 Å². The van der Waals surface area contributed by atoms with Crippen LogP contribution in [0.3, 0.4) is 0 Å². The zero-order valence-electron chi connectivity index (χ0n) is 11.7. The molecule has 0 aliphatic rings. The zero-order valence-corrected chi connectivity index (χ0v) is 11.7. The molecule has 0 heterocycles. The maximum absolute atomic E-state index is 10.8. The van der Waals surface area contributed by atoms with Crippen molar-refractivity contribution in [1.29, 1.82) is 0 Å². The second kappa shape index (κ2) is 6.09. The van der Waals surface area contributed by atoms with Gasteiger partial charge in [-0.15, -0.1) is 0 Å². The van der Waals surface area contributed by atoms with E-state index in [4.69, 9.17) is 9.84 Å². The quantitative estimate of drug-likeness (QED) is 0.845. The Morgan fingerprint density at radius 1 is 1.10 bits per heavy atom. The molecule has 0 atom stereocenters. The SMILES string of the molecule is COc1cc(C(C)=Nc2ccc(C(=O)O)cc2)ccc1O. The van der Waals surface area contributed by atoms with Gasteiger partial charge in [-0.3, -0.25) is 4.99 Å². The number of rotatable bonds is 4. The minimum absolute atomic E-state index is 0.0693. The largest absolute Gasteiger partial charge is 0.504 e. The molecule has 2 aromatic rings. The molecule has 21 heavy (non-hydrogen) atoms. The average Bonchev–Trinajstić information content (AvgIpc) is 2.48. The topological polar surface area (TPSA) is 79.1 Å². The molecule has 0 aliphatic carbocycles. The third-order valence-corrected chi connectivity index (χ3v) is 3.01. The lowest BCUT2D eigenvalue weighted by Gasteiger charge is -2.06. The Morgan fingerprint density at radius 2 is 1.71 bits per heavy atom. The minimum Gasteiger partial charge on any atom is -0.504 e. The van der Waals surface area contributed by atoms with Crippen LogP contribution < -0.4 is 4.74 Å². The van der Waals surface area contributed by atoms with Crippen LogP contribution in [0.25, 0.3) is 0 Å². The van der Waals surface area contributed by atoms with E-state index in [9.17, 15) is 9.90 Å². The molecule has 0 saturated carbocycles. The van der Waals surface area contributed by atoms with Crippen LogP contribution in [0.15, 0.2) is 47.5 Å². The monoisotopic (exact) mass is 285 g/mol. The number of aliphatic imine (C=N–C) groups is 1. The van der Waals surface area contributed by atoms with Gasteiger partial charge in [-0.2, -0.15) is 0 Å². The van der Waals surface area contributed by atoms with Crippen molar-refractivity contribution in [1.82, 2.24) is 0 Å². The second-order valence-corrected chi connectivity index (χ2v) is 4.44. The van der Waals surface area contributed by atoms with Crippen LogP contribution in [0.2, 0.25) is 0 Å². The lowest BCUT2D eigenvalue weighted by Crippen LogP contribution is -1.96. The van der Waals surface area contributed by atoms with Gasteiger partial charge in [0.05, 0.1) is 18.4 Å². The van der Waals surface area contributed by atoms with Gasteiger partial charge in [-0.05, 0) is 55.0 Å². The summed E-state index contributed by atoms with van der Waals surface area (Å²) in [6.45, 7) is 1.83. The molecule has 5 heteroatoms. The number of aromatic hydroxyl groups is 1. The number of carboxylic acids is 1. The van der Waals surface area contributed by atoms with Crippen LogP contribution in [0.5, 0.6) is 11.5 Å². The van der Waals surface area contributed by atoms with Gasteiger partial charge >= 0.3 is 5.97 Å². The fourth-order valence-corrected chi connectivity index (χ4v) is 1.84. The first-order chi connectivity index (χ1) is 10.0. The summed E-state index contributed by atoms with van der Waals surface area (Å²) in [7, 11) is 1.48. The fourth-order valence-electron chi connectivity index (χ4n) is 1.84. The highest BCUT2D eigenvalue weighted by Gasteiger charge is 2.06. The lowest BCUT2D eigenvalue weighted by molar-refractivity contribution is 0.0697. The molecule has 0 unspecified atom stereocenters. The van der Waals surface area contributed by atoms with Gasteiger partial charge in [0.2, 0.25) is 0 Å². The van der Waals surface area contributed by atoms with Crippen molar-refractivity contribution >= 4 is 17.4 Å². The first-order valence-corrected chi connectivity index (χ1v) is 6.27. The molecule has 2 aromatic carbocycles. The van der Waals surface area contributed by atoms with Gasteiger partial charge in [0, 0.05) is 5.71 Å². The molecule has 2 rings (SSSR count). The number of phenolic OH excluding ortho intramolecular Hbond substituents is 1. The fraction of sp³-hybridized carbons (Fsp3) is 0.125. The Balaban J connectivity index is 2.30. The molecule has 0 fully saturated rings.